The van der Waals surface area contributed by atoms with Gasteiger partial charge in [-0.25, -0.2) is 0 Å². The number of benzene rings is 1. The Morgan fingerprint density at radius 2 is 1.89 bits per heavy atom. The van der Waals surface area contributed by atoms with Gasteiger partial charge in [-0.1, -0.05) is 26.7 Å². The molecule has 2 rings (SSSR count). The van der Waals surface area contributed by atoms with Gasteiger partial charge < -0.3 is 10.6 Å². The topological polar surface area (TPSA) is 53.0 Å². The lowest BCUT2D eigenvalue weighted by Crippen LogP contribution is -2.56. The van der Waals surface area contributed by atoms with Crippen LogP contribution in [0.15, 0.2) is 18.2 Å². The maximum Gasteiger partial charge on any atom is 0.0992 e. The Morgan fingerprint density at radius 3 is 2.37 bits per heavy atom. The number of hydrogen-bond donors (Lipinski definition) is 1. The summed E-state index contributed by atoms with van der Waals surface area (Å²) in [5.41, 5.74) is 8.98. The Balaban J connectivity index is 2.09. The number of rotatable bonds is 5. The molecular formula is C16H23N3. The summed E-state index contributed by atoms with van der Waals surface area (Å²) in [6.07, 6.45) is 5.09. The normalized spacial score (nSPS) is 16.8. The van der Waals surface area contributed by atoms with Crippen molar-refractivity contribution >= 4 is 11.4 Å². The molecule has 0 aromatic heterocycles. The van der Waals surface area contributed by atoms with Crippen LogP contribution in [0.1, 0.15) is 45.1 Å². The number of nitrogen functional groups attached to an aromatic ring is 1. The molecule has 102 valence electrons. The summed E-state index contributed by atoms with van der Waals surface area (Å²) in [7, 11) is 0. The third-order valence-electron chi connectivity index (χ3n) is 4.11. The van der Waals surface area contributed by atoms with Gasteiger partial charge in [0, 0.05) is 18.5 Å². The molecule has 2 N–H and O–H groups in total. The molecule has 1 aromatic rings. The molecule has 3 heteroatoms. The molecular weight excluding hydrogens is 234 g/mol. The molecule has 1 heterocycles. The van der Waals surface area contributed by atoms with Gasteiger partial charge in [0.05, 0.1) is 23.0 Å². The van der Waals surface area contributed by atoms with E-state index < -0.39 is 0 Å². The van der Waals surface area contributed by atoms with E-state index in [4.69, 9.17) is 11.0 Å². The lowest BCUT2D eigenvalue weighted by Gasteiger charge is -2.52. The van der Waals surface area contributed by atoms with Crippen molar-refractivity contribution in [3.05, 3.63) is 23.8 Å². The molecule has 0 atom stereocenters. The molecule has 1 aliphatic rings. The highest BCUT2D eigenvalue weighted by Crippen LogP contribution is 2.43. The van der Waals surface area contributed by atoms with Crippen LogP contribution in [0.3, 0.4) is 0 Å². The molecule has 1 fully saturated rings. The predicted molar refractivity (Wildman–Crippen MR) is 80.0 cm³/mol. The van der Waals surface area contributed by atoms with Crippen molar-refractivity contribution in [2.75, 3.05) is 23.7 Å². The second kappa shape index (κ2) is 5.52. The second-order valence-electron chi connectivity index (χ2n) is 5.74. The highest BCUT2D eigenvalue weighted by Gasteiger charge is 2.41. The van der Waals surface area contributed by atoms with Gasteiger partial charge in [0.1, 0.15) is 0 Å². The Hall–Kier alpha value is -1.69. The standard InChI is InChI=1S/C16H23N3/c1-3-7-16(8-4-2)11-19(12-16)15-6-5-13(10-17)9-14(15)18/h5-6,9H,3-4,7-8,11-12,18H2,1-2H3. The fourth-order valence-corrected chi connectivity index (χ4v) is 3.35. The fraction of sp³-hybridized carbons (Fsp3) is 0.562. The van der Waals surface area contributed by atoms with Crippen LogP contribution >= 0.6 is 0 Å². The zero-order valence-corrected chi connectivity index (χ0v) is 11.9. The van der Waals surface area contributed by atoms with Gasteiger partial charge in [0.2, 0.25) is 0 Å². The van der Waals surface area contributed by atoms with Crippen LogP contribution in [-0.2, 0) is 0 Å². The number of anilines is 2. The van der Waals surface area contributed by atoms with E-state index in [2.05, 4.69) is 24.8 Å². The molecule has 1 aromatic carbocycles. The van der Waals surface area contributed by atoms with Crippen molar-refractivity contribution in [3.63, 3.8) is 0 Å². The average molecular weight is 257 g/mol. The number of nitriles is 1. The summed E-state index contributed by atoms with van der Waals surface area (Å²) < 4.78 is 0. The second-order valence-corrected chi connectivity index (χ2v) is 5.74. The van der Waals surface area contributed by atoms with Crippen molar-refractivity contribution in [2.24, 2.45) is 5.41 Å². The molecule has 19 heavy (non-hydrogen) atoms. The summed E-state index contributed by atoms with van der Waals surface area (Å²) in [6, 6.07) is 7.74. The summed E-state index contributed by atoms with van der Waals surface area (Å²) in [5, 5.41) is 8.87. The molecule has 3 nitrogen and oxygen atoms in total. The largest absolute Gasteiger partial charge is 0.397 e. The Labute approximate surface area is 116 Å². The Morgan fingerprint density at radius 1 is 1.26 bits per heavy atom. The lowest BCUT2D eigenvalue weighted by molar-refractivity contribution is 0.173. The van der Waals surface area contributed by atoms with Crippen molar-refractivity contribution in [3.8, 4) is 6.07 Å². The van der Waals surface area contributed by atoms with Crippen LogP contribution in [0.4, 0.5) is 11.4 Å². The van der Waals surface area contributed by atoms with Crippen molar-refractivity contribution < 1.29 is 0 Å². The molecule has 1 saturated heterocycles. The molecule has 0 spiro atoms. The van der Waals surface area contributed by atoms with Crippen molar-refractivity contribution in [2.45, 2.75) is 39.5 Å². The van der Waals surface area contributed by atoms with Crippen molar-refractivity contribution in [1.82, 2.24) is 0 Å². The van der Waals surface area contributed by atoms with Gasteiger partial charge in [0.15, 0.2) is 0 Å². The number of hydrogen-bond acceptors (Lipinski definition) is 3. The van der Waals surface area contributed by atoms with Gasteiger partial charge in [0.25, 0.3) is 0 Å². The summed E-state index contributed by atoms with van der Waals surface area (Å²) in [4.78, 5) is 2.35. The first-order valence-corrected chi connectivity index (χ1v) is 7.18. The van der Waals surface area contributed by atoms with E-state index in [1.807, 2.05) is 12.1 Å². The smallest absolute Gasteiger partial charge is 0.0992 e. The van der Waals surface area contributed by atoms with Crippen LogP contribution < -0.4 is 10.6 Å². The van der Waals surface area contributed by atoms with E-state index in [9.17, 15) is 0 Å². The zero-order chi connectivity index (χ0) is 13.9. The highest BCUT2D eigenvalue weighted by atomic mass is 15.2. The summed E-state index contributed by atoms with van der Waals surface area (Å²) in [6.45, 7) is 6.72. The first kappa shape index (κ1) is 13.7. The molecule has 1 aliphatic heterocycles. The maximum absolute atomic E-state index is 8.87. The molecule has 0 saturated carbocycles. The van der Waals surface area contributed by atoms with Crippen LogP contribution in [0.2, 0.25) is 0 Å². The quantitative estimate of drug-likeness (QED) is 0.821. The third kappa shape index (κ3) is 2.68. The van der Waals surface area contributed by atoms with Crippen LogP contribution in [0.5, 0.6) is 0 Å². The minimum atomic E-state index is 0.490. The van der Waals surface area contributed by atoms with E-state index in [0.717, 1.165) is 24.5 Å². The van der Waals surface area contributed by atoms with Gasteiger partial charge in [-0.15, -0.1) is 0 Å². The van der Waals surface area contributed by atoms with E-state index in [1.165, 1.54) is 25.7 Å². The molecule has 0 aliphatic carbocycles. The van der Waals surface area contributed by atoms with E-state index in [-0.39, 0.29) is 0 Å². The minimum Gasteiger partial charge on any atom is -0.397 e. The average Bonchev–Trinajstić information content (AvgIpc) is 2.36. The first-order chi connectivity index (χ1) is 9.14. The maximum atomic E-state index is 8.87. The summed E-state index contributed by atoms with van der Waals surface area (Å²) >= 11 is 0. The third-order valence-corrected chi connectivity index (χ3v) is 4.11. The zero-order valence-electron chi connectivity index (χ0n) is 11.9. The molecule has 0 amide bonds. The van der Waals surface area contributed by atoms with Gasteiger partial charge >= 0.3 is 0 Å². The number of nitrogens with zero attached hydrogens (tertiary/aromatic N) is 2. The van der Waals surface area contributed by atoms with Crippen molar-refractivity contribution in [1.29, 1.82) is 5.26 Å². The van der Waals surface area contributed by atoms with Crippen LogP contribution in [0.25, 0.3) is 0 Å². The molecule has 0 unspecified atom stereocenters. The van der Waals surface area contributed by atoms with Crippen LogP contribution in [-0.4, -0.2) is 13.1 Å². The van der Waals surface area contributed by atoms with E-state index >= 15 is 0 Å². The van der Waals surface area contributed by atoms with E-state index in [0.29, 0.717) is 11.0 Å². The van der Waals surface area contributed by atoms with Gasteiger partial charge in [-0.2, -0.15) is 5.26 Å². The Bertz CT molecular complexity index is 473. The molecule has 0 bridgehead atoms. The fourth-order valence-electron chi connectivity index (χ4n) is 3.35. The minimum absolute atomic E-state index is 0.490. The van der Waals surface area contributed by atoms with Gasteiger partial charge in [-0.05, 0) is 31.0 Å². The van der Waals surface area contributed by atoms with Crippen LogP contribution in [0, 0.1) is 16.7 Å². The lowest BCUT2D eigenvalue weighted by atomic mass is 9.72. The molecule has 0 radical (unpaired) electrons. The monoisotopic (exact) mass is 257 g/mol. The highest BCUT2D eigenvalue weighted by molar-refractivity contribution is 5.70. The SMILES string of the molecule is CCCC1(CCC)CN(c2ccc(C#N)cc2N)C1. The van der Waals surface area contributed by atoms with Gasteiger partial charge in [-0.3, -0.25) is 0 Å². The number of nitrogens with two attached hydrogens (primary N) is 1. The summed E-state index contributed by atoms with van der Waals surface area (Å²) in [5.74, 6) is 0. The Kier molecular flexibility index (Phi) is 3.99. The predicted octanol–water partition coefficient (Wildman–Crippen LogP) is 3.55. The van der Waals surface area contributed by atoms with E-state index in [1.54, 1.807) is 6.07 Å². The first-order valence-electron chi connectivity index (χ1n) is 7.18.